The Kier molecular flexibility index (Phi) is 5.28. The van der Waals surface area contributed by atoms with Gasteiger partial charge in [-0.3, -0.25) is 9.59 Å². The van der Waals surface area contributed by atoms with Gasteiger partial charge in [-0.05, 0) is 43.9 Å². The zero-order chi connectivity index (χ0) is 17.0. The van der Waals surface area contributed by atoms with E-state index >= 15 is 0 Å². The maximum Gasteiger partial charge on any atom is 0.416 e. The van der Waals surface area contributed by atoms with Crippen LogP contribution in [-0.4, -0.2) is 34.5 Å². The van der Waals surface area contributed by atoms with Crippen molar-refractivity contribution in [2.75, 3.05) is 6.54 Å². The lowest BCUT2D eigenvalue weighted by molar-refractivity contribution is -0.138. The summed E-state index contributed by atoms with van der Waals surface area (Å²) in [5.74, 6) is -1.41. The third-order valence-corrected chi connectivity index (χ3v) is 4.02. The average molecular weight is 329 g/mol. The van der Waals surface area contributed by atoms with Gasteiger partial charge in [0.25, 0.3) is 5.91 Å². The topological polar surface area (TPSA) is 57.6 Å². The summed E-state index contributed by atoms with van der Waals surface area (Å²) in [5, 5.41) is 8.78. The Balaban J connectivity index is 2.18. The Morgan fingerprint density at radius 1 is 1.26 bits per heavy atom. The van der Waals surface area contributed by atoms with Crippen molar-refractivity contribution in [3.05, 3.63) is 35.4 Å². The van der Waals surface area contributed by atoms with Crippen LogP contribution >= 0.6 is 0 Å². The third-order valence-electron chi connectivity index (χ3n) is 4.02. The van der Waals surface area contributed by atoms with E-state index in [-0.39, 0.29) is 18.0 Å². The molecule has 1 saturated heterocycles. The van der Waals surface area contributed by atoms with Gasteiger partial charge in [0, 0.05) is 24.6 Å². The van der Waals surface area contributed by atoms with E-state index < -0.39 is 23.6 Å². The number of alkyl halides is 3. The van der Waals surface area contributed by atoms with Gasteiger partial charge in [-0.25, -0.2) is 0 Å². The summed E-state index contributed by atoms with van der Waals surface area (Å²) in [5.41, 5.74) is -0.871. The molecule has 1 aromatic carbocycles. The van der Waals surface area contributed by atoms with Gasteiger partial charge in [0.2, 0.25) is 0 Å². The van der Waals surface area contributed by atoms with Gasteiger partial charge in [-0.2, -0.15) is 13.2 Å². The fraction of sp³-hybridized carbons (Fsp3) is 0.500. The lowest BCUT2D eigenvalue weighted by Gasteiger charge is -2.35. The van der Waals surface area contributed by atoms with Gasteiger partial charge < -0.3 is 10.0 Å². The van der Waals surface area contributed by atoms with Crippen molar-refractivity contribution in [3.63, 3.8) is 0 Å². The molecule has 0 radical (unpaired) electrons. The number of rotatable bonds is 4. The molecule has 1 aliphatic rings. The van der Waals surface area contributed by atoms with Crippen LogP contribution in [0.1, 0.15) is 48.0 Å². The molecule has 7 heteroatoms. The molecule has 1 atom stereocenters. The Morgan fingerprint density at radius 2 is 2.00 bits per heavy atom. The summed E-state index contributed by atoms with van der Waals surface area (Å²) >= 11 is 0. The third kappa shape index (κ3) is 4.46. The van der Waals surface area contributed by atoms with Crippen LogP contribution in [0.25, 0.3) is 0 Å². The summed E-state index contributed by atoms with van der Waals surface area (Å²) in [6.07, 6.45) is -1.90. The smallest absolute Gasteiger partial charge is 0.416 e. The lowest BCUT2D eigenvalue weighted by Crippen LogP contribution is -2.44. The molecule has 0 bridgehead atoms. The molecule has 1 heterocycles. The average Bonchev–Trinajstić information content (AvgIpc) is 2.52. The number of halogens is 3. The highest BCUT2D eigenvalue weighted by molar-refractivity contribution is 5.94. The van der Waals surface area contributed by atoms with Crippen molar-refractivity contribution in [1.82, 2.24) is 4.90 Å². The summed E-state index contributed by atoms with van der Waals surface area (Å²) < 4.78 is 38.3. The van der Waals surface area contributed by atoms with Gasteiger partial charge in [-0.1, -0.05) is 6.07 Å². The second kappa shape index (κ2) is 7.02. The number of piperidine rings is 1. The number of likely N-dealkylation sites (tertiary alicyclic amines) is 1. The Hall–Kier alpha value is -2.05. The minimum Gasteiger partial charge on any atom is -0.481 e. The number of carbonyl (C=O) groups is 2. The van der Waals surface area contributed by atoms with Crippen LogP contribution in [0.15, 0.2) is 24.3 Å². The number of carboxylic acids is 1. The predicted octanol–water partition coefficient (Wildman–Crippen LogP) is 3.56. The first kappa shape index (κ1) is 17.3. The van der Waals surface area contributed by atoms with E-state index in [0.717, 1.165) is 25.0 Å². The van der Waals surface area contributed by atoms with E-state index in [1.165, 1.54) is 17.0 Å². The maximum absolute atomic E-state index is 12.8. The minimum absolute atomic E-state index is 0.0120. The number of carbonyl (C=O) groups excluding carboxylic acids is 1. The molecular weight excluding hydrogens is 311 g/mol. The minimum atomic E-state index is -4.50. The van der Waals surface area contributed by atoms with E-state index in [2.05, 4.69) is 0 Å². The van der Waals surface area contributed by atoms with Gasteiger partial charge >= 0.3 is 12.1 Å². The molecule has 1 aromatic rings. The summed E-state index contributed by atoms with van der Waals surface area (Å²) in [7, 11) is 0. The highest BCUT2D eigenvalue weighted by Gasteiger charge is 2.32. The van der Waals surface area contributed by atoms with Crippen LogP contribution in [0.5, 0.6) is 0 Å². The first-order valence-corrected chi connectivity index (χ1v) is 7.49. The molecule has 1 unspecified atom stereocenters. The van der Waals surface area contributed by atoms with E-state index in [0.29, 0.717) is 19.4 Å². The molecule has 1 fully saturated rings. The SMILES string of the molecule is O=C(O)CCC1CCCCN1C(=O)c1cccc(C(F)(F)F)c1. The molecule has 4 nitrogen and oxygen atoms in total. The van der Waals surface area contributed by atoms with Gasteiger partial charge in [0.15, 0.2) is 0 Å². The molecule has 0 aliphatic carbocycles. The molecule has 1 N–H and O–H groups in total. The van der Waals surface area contributed by atoms with Gasteiger partial charge in [0.1, 0.15) is 0 Å². The molecule has 0 aromatic heterocycles. The molecule has 126 valence electrons. The van der Waals surface area contributed by atoms with Crippen molar-refractivity contribution < 1.29 is 27.9 Å². The van der Waals surface area contributed by atoms with E-state index in [1.54, 1.807) is 0 Å². The quantitative estimate of drug-likeness (QED) is 0.919. The first-order chi connectivity index (χ1) is 10.8. The zero-order valence-electron chi connectivity index (χ0n) is 12.5. The number of benzene rings is 1. The Morgan fingerprint density at radius 3 is 2.65 bits per heavy atom. The van der Waals surface area contributed by atoms with Crippen LogP contribution in [0.4, 0.5) is 13.2 Å². The van der Waals surface area contributed by atoms with Crippen LogP contribution in [0.3, 0.4) is 0 Å². The van der Waals surface area contributed by atoms with Crippen LogP contribution in [0, 0.1) is 0 Å². The molecule has 0 spiro atoms. The van der Waals surface area contributed by atoms with Crippen molar-refractivity contribution >= 4 is 11.9 Å². The van der Waals surface area contributed by atoms with Gasteiger partial charge in [-0.15, -0.1) is 0 Å². The molecule has 0 saturated carbocycles. The van der Waals surface area contributed by atoms with Crippen molar-refractivity contribution in [2.45, 2.75) is 44.3 Å². The monoisotopic (exact) mass is 329 g/mol. The number of aliphatic carboxylic acids is 1. The van der Waals surface area contributed by atoms with Crippen molar-refractivity contribution in [1.29, 1.82) is 0 Å². The predicted molar refractivity (Wildman–Crippen MR) is 77.0 cm³/mol. The number of carboxylic acid groups (broad SMARTS) is 1. The Labute approximate surface area is 131 Å². The molecular formula is C16H18F3NO3. The standard InChI is InChI=1S/C16H18F3NO3/c17-16(18,19)12-5-3-4-11(10-12)15(23)20-9-2-1-6-13(20)7-8-14(21)22/h3-5,10,13H,1-2,6-9H2,(H,21,22). The van der Waals surface area contributed by atoms with Crippen LogP contribution in [-0.2, 0) is 11.0 Å². The Bertz CT molecular complexity index is 586. The fourth-order valence-electron chi connectivity index (χ4n) is 2.85. The molecule has 1 aliphatic heterocycles. The largest absolute Gasteiger partial charge is 0.481 e. The zero-order valence-corrected chi connectivity index (χ0v) is 12.5. The molecule has 23 heavy (non-hydrogen) atoms. The maximum atomic E-state index is 12.8. The summed E-state index contributed by atoms with van der Waals surface area (Å²) in [6.45, 7) is 0.444. The highest BCUT2D eigenvalue weighted by Crippen LogP contribution is 2.30. The second-order valence-electron chi connectivity index (χ2n) is 5.66. The number of amides is 1. The van der Waals surface area contributed by atoms with E-state index in [4.69, 9.17) is 5.11 Å². The van der Waals surface area contributed by atoms with Crippen molar-refractivity contribution in [2.24, 2.45) is 0 Å². The summed E-state index contributed by atoms with van der Waals surface area (Å²) in [6, 6.07) is 4.12. The van der Waals surface area contributed by atoms with Gasteiger partial charge in [0.05, 0.1) is 5.56 Å². The van der Waals surface area contributed by atoms with E-state index in [9.17, 15) is 22.8 Å². The second-order valence-corrected chi connectivity index (χ2v) is 5.66. The normalized spacial score (nSPS) is 18.7. The molecule has 1 amide bonds. The number of hydrogen-bond donors (Lipinski definition) is 1. The number of hydrogen-bond acceptors (Lipinski definition) is 2. The molecule has 2 rings (SSSR count). The highest BCUT2D eigenvalue weighted by atomic mass is 19.4. The van der Waals surface area contributed by atoms with Crippen molar-refractivity contribution in [3.8, 4) is 0 Å². The van der Waals surface area contributed by atoms with Crippen LogP contribution < -0.4 is 0 Å². The first-order valence-electron chi connectivity index (χ1n) is 7.49. The van der Waals surface area contributed by atoms with E-state index in [1.807, 2.05) is 0 Å². The summed E-state index contributed by atoms with van der Waals surface area (Å²) in [4.78, 5) is 24.8. The van der Waals surface area contributed by atoms with Crippen LogP contribution in [0.2, 0.25) is 0 Å². The lowest BCUT2D eigenvalue weighted by atomic mass is 9.96. The fourth-order valence-corrected chi connectivity index (χ4v) is 2.85. The number of nitrogens with zero attached hydrogens (tertiary/aromatic N) is 1.